The largest absolute Gasteiger partial charge is 0.480 e. The molecule has 5 heteroatoms. The first-order chi connectivity index (χ1) is 5.59. The fraction of sp³-hybridized carbons (Fsp3) is 0.714. The molecule has 0 unspecified atom stereocenters. The highest BCUT2D eigenvalue weighted by Gasteiger charge is 2.30. The van der Waals surface area contributed by atoms with Gasteiger partial charge >= 0.3 is 5.97 Å². The van der Waals surface area contributed by atoms with Crippen LogP contribution in [0.1, 0.15) is 13.3 Å². The topological polar surface area (TPSA) is 66.4 Å². The molecule has 1 rings (SSSR count). The van der Waals surface area contributed by atoms with E-state index in [0.29, 0.717) is 12.2 Å². The second-order valence-electron chi connectivity index (χ2n) is 2.79. The Morgan fingerprint density at radius 1 is 1.58 bits per heavy atom. The number of rotatable bonds is 2. The van der Waals surface area contributed by atoms with E-state index in [0.717, 1.165) is 0 Å². The van der Waals surface area contributed by atoms with Crippen LogP contribution in [-0.2, 0) is 9.59 Å². The van der Waals surface area contributed by atoms with E-state index in [1.807, 2.05) is 0 Å². The Kier molecular flexibility index (Phi) is 2.97. The van der Waals surface area contributed by atoms with Gasteiger partial charge in [0.25, 0.3) is 0 Å². The van der Waals surface area contributed by atoms with Crippen molar-refractivity contribution in [3.8, 4) is 0 Å². The second-order valence-corrected chi connectivity index (χ2v) is 4.03. The molecule has 68 valence electrons. The van der Waals surface area contributed by atoms with Gasteiger partial charge in [-0.15, -0.1) is 11.8 Å². The Labute approximate surface area is 74.7 Å². The van der Waals surface area contributed by atoms with E-state index < -0.39 is 5.97 Å². The lowest BCUT2D eigenvalue weighted by atomic mass is 10.2. The van der Waals surface area contributed by atoms with Crippen LogP contribution in [0.15, 0.2) is 0 Å². The van der Waals surface area contributed by atoms with E-state index in [2.05, 4.69) is 5.32 Å². The number of carboxylic acid groups (broad SMARTS) is 1. The summed E-state index contributed by atoms with van der Waals surface area (Å²) in [5.41, 5.74) is 0. The molecule has 2 N–H and O–H groups in total. The first kappa shape index (κ1) is 9.38. The van der Waals surface area contributed by atoms with E-state index in [1.165, 1.54) is 18.7 Å². The van der Waals surface area contributed by atoms with E-state index in [1.54, 1.807) is 0 Å². The van der Waals surface area contributed by atoms with Crippen molar-refractivity contribution >= 4 is 23.6 Å². The summed E-state index contributed by atoms with van der Waals surface area (Å²) in [5.74, 6) is -0.171. The maximum Gasteiger partial charge on any atom is 0.316 e. The van der Waals surface area contributed by atoms with Crippen LogP contribution >= 0.6 is 11.8 Å². The number of nitrogens with one attached hydrogen (secondary N) is 1. The lowest BCUT2D eigenvalue weighted by Gasteiger charge is -2.08. The van der Waals surface area contributed by atoms with E-state index in [9.17, 15) is 9.59 Å². The monoisotopic (exact) mass is 189 g/mol. The molecule has 12 heavy (non-hydrogen) atoms. The van der Waals surface area contributed by atoms with Crippen molar-refractivity contribution in [2.24, 2.45) is 0 Å². The molecular weight excluding hydrogens is 178 g/mol. The van der Waals surface area contributed by atoms with Gasteiger partial charge in [0, 0.05) is 18.7 Å². The standard InChI is InChI=1S/C7H11NO3S/c1-4(9)8-5-2-6(7(10)11)12-3-5/h5-6H,2-3H2,1H3,(H,8,9)(H,10,11)/t5-,6-/m1/s1. The number of hydrogen-bond acceptors (Lipinski definition) is 3. The zero-order chi connectivity index (χ0) is 9.14. The van der Waals surface area contributed by atoms with Gasteiger partial charge < -0.3 is 10.4 Å². The molecule has 1 fully saturated rings. The fourth-order valence-corrected chi connectivity index (χ4v) is 2.38. The van der Waals surface area contributed by atoms with Gasteiger partial charge in [0.2, 0.25) is 5.91 Å². The van der Waals surface area contributed by atoms with Crippen molar-refractivity contribution in [1.29, 1.82) is 0 Å². The highest BCUT2D eigenvalue weighted by molar-refractivity contribution is 8.00. The molecule has 0 aliphatic carbocycles. The third-order valence-electron chi connectivity index (χ3n) is 1.68. The maximum absolute atomic E-state index is 10.6. The summed E-state index contributed by atoms with van der Waals surface area (Å²) in [4.78, 5) is 21.1. The average Bonchev–Trinajstić information content (AvgIpc) is 2.34. The van der Waals surface area contributed by atoms with Gasteiger partial charge in [0.15, 0.2) is 0 Å². The molecule has 1 amide bonds. The van der Waals surface area contributed by atoms with Crippen LogP contribution in [0, 0.1) is 0 Å². The highest BCUT2D eigenvalue weighted by atomic mass is 32.2. The van der Waals surface area contributed by atoms with Gasteiger partial charge in [-0.3, -0.25) is 9.59 Å². The Balaban J connectivity index is 2.35. The molecule has 1 heterocycles. The average molecular weight is 189 g/mol. The first-order valence-electron chi connectivity index (χ1n) is 3.71. The number of carboxylic acids is 1. The minimum atomic E-state index is -0.784. The van der Waals surface area contributed by atoms with Gasteiger partial charge in [0.05, 0.1) is 0 Å². The van der Waals surface area contributed by atoms with Gasteiger partial charge in [-0.25, -0.2) is 0 Å². The Morgan fingerprint density at radius 2 is 2.25 bits per heavy atom. The van der Waals surface area contributed by atoms with E-state index in [-0.39, 0.29) is 17.2 Å². The summed E-state index contributed by atoms with van der Waals surface area (Å²) in [6.07, 6.45) is 0.541. The molecule has 2 atom stereocenters. The zero-order valence-electron chi connectivity index (χ0n) is 6.74. The molecule has 0 aromatic rings. The smallest absolute Gasteiger partial charge is 0.316 e. The summed E-state index contributed by atoms with van der Waals surface area (Å²) >= 11 is 1.39. The molecular formula is C7H11NO3S. The van der Waals surface area contributed by atoms with Gasteiger partial charge in [-0.05, 0) is 6.42 Å². The van der Waals surface area contributed by atoms with Crippen LogP contribution in [0.25, 0.3) is 0 Å². The lowest BCUT2D eigenvalue weighted by Crippen LogP contribution is -2.33. The van der Waals surface area contributed by atoms with Crippen LogP contribution in [0.3, 0.4) is 0 Å². The van der Waals surface area contributed by atoms with Gasteiger partial charge in [-0.1, -0.05) is 0 Å². The Morgan fingerprint density at radius 3 is 2.67 bits per heavy atom. The third kappa shape index (κ3) is 2.41. The van der Waals surface area contributed by atoms with Crippen molar-refractivity contribution in [3.05, 3.63) is 0 Å². The minimum Gasteiger partial charge on any atom is -0.480 e. The van der Waals surface area contributed by atoms with Crippen LogP contribution < -0.4 is 5.32 Å². The predicted octanol–water partition coefficient (Wildman–Crippen LogP) is 0.0812. The second kappa shape index (κ2) is 3.80. The zero-order valence-corrected chi connectivity index (χ0v) is 7.56. The number of amides is 1. The number of carbonyl (C=O) groups is 2. The van der Waals surface area contributed by atoms with E-state index in [4.69, 9.17) is 5.11 Å². The highest BCUT2D eigenvalue weighted by Crippen LogP contribution is 2.26. The van der Waals surface area contributed by atoms with Crippen molar-refractivity contribution in [2.75, 3.05) is 5.75 Å². The lowest BCUT2D eigenvalue weighted by molar-refractivity contribution is -0.136. The number of hydrogen-bond donors (Lipinski definition) is 2. The van der Waals surface area contributed by atoms with Crippen LogP contribution in [-0.4, -0.2) is 34.0 Å². The Hall–Kier alpha value is -0.710. The Bertz CT molecular complexity index is 207. The number of carbonyl (C=O) groups excluding carboxylic acids is 1. The molecule has 0 aromatic heterocycles. The molecule has 0 saturated carbocycles. The molecule has 0 radical (unpaired) electrons. The summed E-state index contributed by atoms with van der Waals surface area (Å²) in [7, 11) is 0. The SMILES string of the molecule is CC(=O)N[C@H]1CS[C@@H](C(=O)O)C1. The summed E-state index contributed by atoms with van der Waals surface area (Å²) in [6.45, 7) is 1.44. The number of thioether (sulfide) groups is 1. The quantitative estimate of drug-likeness (QED) is 0.645. The fourth-order valence-electron chi connectivity index (χ4n) is 1.19. The molecule has 1 aliphatic heterocycles. The number of aliphatic carboxylic acids is 1. The van der Waals surface area contributed by atoms with Gasteiger partial charge in [0.1, 0.15) is 5.25 Å². The van der Waals surface area contributed by atoms with Gasteiger partial charge in [-0.2, -0.15) is 0 Å². The summed E-state index contributed by atoms with van der Waals surface area (Å²) in [5, 5.41) is 11.0. The van der Waals surface area contributed by atoms with Crippen molar-refractivity contribution in [1.82, 2.24) is 5.32 Å². The summed E-state index contributed by atoms with van der Waals surface area (Å²) < 4.78 is 0. The van der Waals surface area contributed by atoms with E-state index >= 15 is 0 Å². The molecule has 0 spiro atoms. The van der Waals surface area contributed by atoms with Crippen molar-refractivity contribution in [3.63, 3.8) is 0 Å². The van der Waals surface area contributed by atoms with Crippen LogP contribution in [0.4, 0.5) is 0 Å². The maximum atomic E-state index is 10.6. The molecule has 4 nitrogen and oxygen atoms in total. The molecule has 0 aromatic carbocycles. The first-order valence-corrected chi connectivity index (χ1v) is 4.76. The van der Waals surface area contributed by atoms with Crippen LogP contribution in [0.2, 0.25) is 0 Å². The minimum absolute atomic E-state index is 0.0357. The van der Waals surface area contributed by atoms with Crippen molar-refractivity contribution < 1.29 is 14.7 Å². The third-order valence-corrected chi connectivity index (χ3v) is 3.07. The summed E-state index contributed by atoms with van der Waals surface area (Å²) in [6, 6.07) is 0.0357. The molecule has 1 saturated heterocycles. The molecule has 0 bridgehead atoms. The molecule has 1 aliphatic rings. The predicted molar refractivity (Wildman–Crippen MR) is 46.1 cm³/mol. The normalized spacial score (nSPS) is 28.4. The van der Waals surface area contributed by atoms with Crippen LogP contribution in [0.5, 0.6) is 0 Å². The van der Waals surface area contributed by atoms with Crippen molar-refractivity contribution in [2.45, 2.75) is 24.6 Å².